The standard InChI is InChI=1S/C22H22N6O/c1-16-15-27(19-5-3-4-17(12-19)14-23)10-11-28(16)22-25-20(13-21(29)26(22)2)18-6-8-24-9-7-18/h3-9,12-13,16H,10-11,15H2,1-2H3/t16-/m1/s1. The van der Waals surface area contributed by atoms with Gasteiger partial charge in [0.05, 0.1) is 17.3 Å². The van der Waals surface area contributed by atoms with Gasteiger partial charge in [-0.25, -0.2) is 4.98 Å². The van der Waals surface area contributed by atoms with Crippen LogP contribution in [0.1, 0.15) is 12.5 Å². The monoisotopic (exact) mass is 386 g/mol. The number of benzene rings is 1. The van der Waals surface area contributed by atoms with E-state index in [1.807, 2.05) is 36.4 Å². The summed E-state index contributed by atoms with van der Waals surface area (Å²) in [6, 6.07) is 15.3. The highest BCUT2D eigenvalue weighted by atomic mass is 16.1. The Labute approximate surface area is 169 Å². The molecule has 0 saturated carbocycles. The Morgan fingerprint density at radius 3 is 2.66 bits per heavy atom. The van der Waals surface area contributed by atoms with Crippen LogP contribution in [0.15, 0.2) is 59.7 Å². The maximum atomic E-state index is 12.6. The molecule has 7 nitrogen and oxygen atoms in total. The minimum Gasteiger partial charge on any atom is -0.368 e. The molecular weight excluding hydrogens is 364 g/mol. The van der Waals surface area contributed by atoms with Crippen LogP contribution in [0, 0.1) is 11.3 Å². The highest BCUT2D eigenvalue weighted by Gasteiger charge is 2.27. The molecule has 0 radical (unpaired) electrons. The minimum atomic E-state index is -0.0850. The highest BCUT2D eigenvalue weighted by Crippen LogP contribution is 2.24. The van der Waals surface area contributed by atoms with E-state index in [2.05, 4.69) is 27.8 Å². The molecule has 0 spiro atoms. The Morgan fingerprint density at radius 1 is 1.14 bits per heavy atom. The van der Waals surface area contributed by atoms with Crippen LogP contribution in [0.25, 0.3) is 11.3 Å². The van der Waals surface area contributed by atoms with Crippen molar-refractivity contribution in [3.63, 3.8) is 0 Å². The van der Waals surface area contributed by atoms with Gasteiger partial charge in [-0.1, -0.05) is 6.07 Å². The molecule has 3 aromatic rings. The van der Waals surface area contributed by atoms with E-state index in [-0.39, 0.29) is 11.6 Å². The topological polar surface area (TPSA) is 78.1 Å². The number of piperazine rings is 1. The smallest absolute Gasteiger partial charge is 0.255 e. The van der Waals surface area contributed by atoms with Crippen LogP contribution in [0.5, 0.6) is 0 Å². The van der Waals surface area contributed by atoms with E-state index in [9.17, 15) is 4.79 Å². The summed E-state index contributed by atoms with van der Waals surface area (Å²) in [5.74, 6) is 0.669. The van der Waals surface area contributed by atoms with Crippen molar-refractivity contribution < 1.29 is 0 Å². The van der Waals surface area contributed by atoms with Crippen molar-refractivity contribution in [1.29, 1.82) is 5.26 Å². The fourth-order valence-corrected chi connectivity index (χ4v) is 3.72. The first-order chi connectivity index (χ1) is 14.1. The third kappa shape index (κ3) is 3.69. The molecule has 1 saturated heterocycles. The molecular formula is C22H22N6O. The summed E-state index contributed by atoms with van der Waals surface area (Å²) < 4.78 is 1.60. The Bertz CT molecular complexity index is 1120. The molecule has 2 aromatic heterocycles. The van der Waals surface area contributed by atoms with Crippen molar-refractivity contribution in [2.45, 2.75) is 13.0 Å². The van der Waals surface area contributed by atoms with Crippen LogP contribution in [-0.2, 0) is 7.05 Å². The second-order valence-electron chi connectivity index (χ2n) is 7.23. The van der Waals surface area contributed by atoms with Gasteiger partial charge < -0.3 is 9.80 Å². The van der Waals surface area contributed by atoms with Gasteiger partial charge in [0, 0.05) is 62.4 Å². The van der Waals surface area contributed by atoms with Crippen molar-refractivity contribution >= 4 is 11.6 Å². The fourth-order valence-electron chi connectivity index (χ4n) is 3.72. The molecule has 4 rings (SSSR count). The van der Waals surface area contributed by atoms with E-state index >= 15 is 0 Å². The number of anilines is 2. The van der Waals surface area contributed by atoms with Gasteiger partial charge in [0.1, 0.15) is 0 Å². The Kier molecular flexibility index (Phi) is 5.00. The summed E-state index contributed by atoms with van der Waals surface area (Å²) in [6.45, 7) is 4.43. The number of nitriles is 1. The van der Waals surface area contributed by atoms with Gasteiger partial charge in [-0.05, 0) is 37.3 Å². The molecule has 1 aromatic carbocycles. The lowest BCUT2D eigenvalue weighted by molar-refractivity contribution is 0.529. The number of hydrogen-bond donors (Lipinski definition) is 0. The SMILES string of the molecule is C[C@@H]1CN(c2cccc(C#N)c2)CCN1c1nc(-c2ccncc2)cc(=O)n1C. The van der Waals surface area contributed by atoms with Gasteiger partial charge in [-0.2, -0.15) is 5.26 Å². The molecule has 0 aliphatic carbocycles. The van der Waals surface area contributed by atoms with Crippen molar-refractivity contribution in [2.75, 3.05) is 29.4 Å². The van der Waals surface area contributed by atoms with E-state index in [1.54, 1.807) is 30.1 Å². The maximum absolute atomic E-state index is 12.6. The second-order valence-corrected chi connectivity index (χ2v) is 7.23. The Hall–Kier alpha value is -3.66. The zero-order valence-electron chi connectivity index (χ0n) is 16.5. The average molecular weight is 386 g/mol. The average Bonchev–Trinajstić information content (AvgIpc) is 2.76. The van der Waals surface area contributed by atoms with Crippen LogP contribution in [0.3, 0.4) is 0 Å². The number of rotatable bonds is 3. The van der Waals surface area contributed by atoms with Crippen molar-refractivity contribution in [2.24, 2.45) is 7.05 Å². The normalized spacial score (nSPS) is 16.5. The van der Waals surface area contributed by atoms with Crippen LogP contribution >= 0.6 is 0 Å². The first-order valence-corrected chi connectivity index (χ1v) is 9.57. The molecule has 0 unspecified atom stereocenters. The van der Waals surface area contributed by atoms with E-state index in [4.69, 9.17) is 10.2 Å². The largest absolute Gasteiger partial charge is 0.368 e. The van der Waals surface area contributed by atoms with Crippen molar-refractivity contribution in [3.8, 4) is 17.3 Å². The lowest BCUT2D eigenvalue weighted by atomic mass is 10.1. The number of pyridine rings is 1. The summed E-state index contributed by atoms with van der Waals surface area (Å²) in [7, 11) is 1.76. The molecule has 0 amide bonds. The highest BCUT2D eigenvalue weighted by molar-refractivity contribution is 5.60. The molecule has 29 heavy (non-hydrogen) atoms. The third-order valence-corrected chi connectivity index (χ3v) is 5.31. The summed E-state index contributed by atoms with van der Waals surface area (Å²) >= 11 is 0. The molecule has 0 bridgehead atoms. The fraction of sp³-hybridized carbons (Fsp3) is 0.273. The molecule has 1 fully saturated rings. The minimum absolute atomic E-state index is 0.0850. The quantitative estimate of drug-likeness (QED) is 0.688. The first kappa shape index (κ1) is 18.7. The predicted molar refractivity (Wildman–Crippen MR) is 113 cm³/mol. The molecule has 1 atom stereocenters. The van der Waals surface area contributed by atoms with Crippen LogP contribution < -0.4 is 15.4 Å². The van der Waals surface area contributed by atoms with Gasteiger partial charge >= 0.3 is 0 Å². The molecule has 7 heteroatoms. The maximum Gasteiger partial charge on any atom is 0.255 e. The molecule has 146 valence electrons. The van der Waals surface area contributed by atoms with Gasteiger partial charge in [-0.3, -0.25) is 14.3 Å². The van der Waals surface area contributed by atoms with E-state index in [0.29, 0.717) is 17.2 Å². The van der Waals surface area contributed by atoms with Gasteiger partial charge in [0.2, 0.25) is 5.95 Å². The van der Waals surface area contributed by atoms with Gasteiger partial charge in [-0.15, -0.1) is 0 Å². The summed E-state index contributed by atoms with van der Waals surface area (Å²) in [5, 5.41) is 9.16. The first-order valence-electron chi connectivity index (χ1n) is 9.57. The van der Waals surface area contributed by atoms with E-state index in [1.165, 1.54) is 0 Å². The third-order valence-electron chi connectivity index (χ3n) is 5.31. The summed E-state index contributed by atoms with van der Waals surface area (Å²) in [5.41, 5.74) is 3.15. The lowest BCUT2D eigenvalue weighted by Crippen LogP contribution is -2.53. The van der Waals surface area contributed by atoms with Crippen molar-refractivity contribution in [3.05, 3.63) is 70.8 Å². The molecule has 0 N–H and O–H groups in total. The Morgan fingerprint density at radius 2 is 1.93 bits per heavy atom. The van der Waals surface area contributed by atoms with Crippen molar-refractivity contribution in [1.82, 2.24) is 14.5 Å². The summed E-state index contributed by atoms with van der Waals surface area (Å²) in [4.78, 5) is 25.9. The molecule has 1 aliphatic rings. The zero-order chi connectivity index (χ0) is 20.4. The summed E-state index contributed by atoms with van der Waals surface area (Å²) in [6.07, 6.45) is 3.40. The Balaban J connectivity index is 1.62. The van der Waals surface area contributed by atoms with Gasteiger partial charge in [0.15, 0.2) is 0 Å². The van der Waals surface area contributed by atoms with Crippen LogP contribution in [0.2, 0.25) is 0 Å². The van der Waals surface area contributed by atoms with E-state index < -0.39 is 0 Å². The predicted octanol–water partition coefficient (Wildman–Crippen LogP) is 2.43. The number of aromatic nitrogens is 3. The number of nitrogens with zero attached hydrogens (tertiary/aromatic N) is 6. The van der Waals surface area contributed by atoms with E-state index in [0.717, 1.165) is 30.9 Å². The van der Waals surface area contributed by atoms with Gasteiger partial charge in [0.25, 0.3) is 5.56 Å². The number of hydrogen-bond acceptors (Lipinski definition) is 6. The molecule has 3 heterocycles. The molecule has 1 aliphatic heterocycles. The second kappa shape index (κ2) is 7.76. The van der Waals surface area contributed by atoms with Crippen LogP contribution in [-0.4, -0.2) is 40.2 Å². The zero-order valence-corrected chi connectivity index (χ0v) is 16.5. The van der Waals surface area contributed by atoms with Crippen LogP contribution in [0.4, 0.5) is 11.6 Å². The lowest BCUT2D eigenvalue weighted by Gasteiger charge is -2.42.